The van der Waals surface area contributed by atoms with Gasteiger partial charge in [-0.15, -0.1) is 11.3 Å². The lowest BCUT2D eigenvalue weighted by Gasteiger charge is -2.10. The number of amides is 2. The second-order valence-electron chi connectivity index (χ2n) is 5.58. The van der Waals surface area contributed by atoms with Crippen LogP contribution in [0, 0.1) is 12.7 Å². The van der Waals surface area contributed by atoms with Gasteiger partial charge in [0.2, 0.25) is 5.91 Å². The summed E-state index contributed by atoms with van der Waals surface area (Å²) in [6.45, 7) is 0.983. The van der Waals surface area contributed by atoms with E-state index in [2.05, 4.69) is 10.3 Å². The van der Waals surface area contributed by atoms with Gasteiger partial charge >= 0.3 is 5.97 Å². The number of carbonyl (C=O) groups excluding carboxylic acids is 3. The first kappa shape index (κ1) is 19.5. The molecule has 0 aliphatic carbocycles. The van der Waals surface area contributed by atoms with Crippen LogP contribution >= 0.6 is 11.3 Å². The van der Waals surface area contributed by atoms with Crippen molar-refractivity contribution >= 4 is 29.1 Å². The van der Waals surface area contributed by atoms with Gasteiger partial charge in [-0.05, 0) is 31.2 Å². The van der Waals surface area contributed by atoms with E-state index < -0.39 is 18.5 Å². The molecule has 0 bridgehead atoms. The first-order chi connectivity index (χ1) is 12.3. The molecule has 0 atom stereocenters. The van der Waals surface area contributed by atoms with Crippen LogP contribution in [-0.2, 0) is 14.3 Å². The predicted octanol–water partition coefficient (Wildman–Crippen LogP) is 1.62. The van der Waals surface area contributed by atoms with E-state index in [1.54, 1.807) is 33.2 Å². The highest BCUT2D eigenvalue weighted by Crippen LogP contribution is 2.28. The average Bonchev–Trinajstić information content (AvgIpc) is 2.99. The van der Waals surface area contributed by atoms with Gasteiger partial charge in [-0.25, -0.2) is 14.2 Å². The number of thiazole rings is 1. The van der Waals surface area contributed by atoms with Gasteiger partial charge in [0.15, 0.2) is 6.61 Å². The second-order valence-corrected chi connectivity index (χ2v) is 6.58. The van der Waals surface area contributed by atoms with Gasteiger partial charge in [-0.1, -0.05) is 0 Å². The minimum Gasteiger partial charge on any atom is -0.451 e. The van der Waals surface area contributed by atoms with Crippen molar-refractivity contribution in [2.45, 2.75) is 6.92 Å². The summed E-state index contributed by atoms with van der Waals surface area (Å²) < 4.78 is 18.0. The lowest BCUT2D eigenvalue weighted by molar-refractivity contribution is -0.131. The predicted molar refractivity (Wildman–Crippen MR) is 94.2 cm³/mol. The maximum Gasteiger partial charge on any atom is 0.350 e. The fourth-order valence-corrected chi connectivity index (χ4v) is 2.85. The molecule has 138 valence electrons. The number of benzene rings is 1. The molecule has 2 rings (SSSR count). The third-order valence-corrected chi connectivity index (χ3v) is 4.53. The van der Waals surface area contributed by atoms with Crippen LogP contribution in [0.3, 0.4) is 0 Å². The van der Waals surface area contributed by atoms with E-state index >= 15 is 0 Å². The Hall–Kier alpha value is -2.81. The molecule has 0 spiro atoms. The average molecular weight is 379 g/mol. The number of hydrogen-bond acceptors (Lipinski definition) is 6. The Morgan fingerprint density at radius 1 is 1.23 bits per heavy atom. The molecule has 0 radical (unpaired) electrons. The van der Waals surface area contributed by atoms with Gasteiger partial charge < -0.3 is 15.0 Å². The molecule has 0 aliphatic heterocycles. The van der Waals surface area contributed by atoms with Crippen molar-refractivity contribution in [3.63, 3.8) is 0 Å². The van der Waals surface area contributed by atoms with E-state index in [-0.39, 0.29) is 23.1 Å². The molecule has 1 N–H and O–H groups in total. The molecule has 0 saturated heterocycles. The zero-order chi connectivity index (χ0) is 19.3. The Balaban J connectivity index is 1.94. The van der Waals surface area contributed by atoms with Crippen LogP contribution < -0.4 is 5.32 Å². The minimum atomic E-state index is -0.678. The first-order valence-corrected chi connectivity index (χ1v) is 8.47. The summed E-state index contributed by atoms with van der Waals surface area (Å²) in [5, 5.41) is 2.92. The summed E-state index contributed by atoms with van der Waals surface area (Å²) in [7, 11) is 3.14. The molecular formula is C17H18FN3O4S. The normalized spacial score (nSPS) is 10.3. The maximum atomic E-state index is 13.0. The molecule has 0 aliphatic rings. The monoisotopic (exact) mass is 379 g/mol. The Bertz CT molecular complexity index is 818. The van der Waals surface area contributed by atoms with Crippen molar-refractivity contribution < 1.29 is 23.5 Å². The smallest absolute Gasteiger partial charge is 0.350 e. The highest BCUT2D eigenvalue weighted by molar-refractivity contribution is 7.17. The SMILES string of the molecule is Cc1nc(-c2ccc(F)cc2)sc1C(=O)OCC(=O)NCC(=O)N(C)C. The Kier molecular flexibility index (Phi) is 6.40. The highest BCUT2D eigenvalue weighted by atomic mass is 32.1. The van der Waals surface area contributed by atoms with Crippen LogP contribution in [0.1, 0.15) is 15.4 Å². The number of aromatic nitrogens is 1. The molecule has 2 amide bonds. The van der Waals surface area contributed by atoms with E-state index in [0.29, 0.717) is 16.3 Å². The van der Waals surface area contributed by atoms with Crippen LogP contribution in [0.25, 0.3) is 10.6 Å². The molecule has 0 fully saturated rings. The van der Waals surface area contributed by atoms with Crippen LogP contribution in [0.2, 0.25) is 0 Å². The number of halogens is 1. The van der Waals surface area contributed by atoms with Gasteiger partial charge in [0, 0.05) is 19.7 Å². The van der Waals surface area contributed by atoms with Crippen LogP contribution in [-0.4, -0.2) is 54.9 Å². The molecule has 0 unspecified atom stereocenters. The third-order valence-electron chi connectivity index (χ3n) is 3.34. The van der Waals surface area contributed by atoms with Gasteiger partial charge in [-0.2, -0.15) is 0 Å². The number of hydrogen-bond donors (Lipinski definition) is 1. The van der Waals surface area contributed by atoms with Crippen molar-refractivity contribution in [2.75, 3.05) is 27.2 Å². The summed E-state index contributed by atoms with van der Waals surface area (Å²) in [5.41, 5.74) is 1.14. The number of esters is 1. The molecule has 9 heteroatoms. The number of rotatable bonds is 6. The summed E-state index contributed by atoms with van der Waals surface area (Å²) in [6, 6.07) is 5.75. The first-order valence-electron chi connectivity index (χ1n) is 7.65. The Morgan fingerprint density at radius 3 is 2.50 bits per heavy atom. The van der Waals surface area contributed by atoms with Crippen LogP contribution in [0.5, 0.6) is 0 Å². The molecule has 26 heavy (non-hydrogen) atoms. The molecule has 7 nitrogen and oxygen atoms in total. The van der Waals surface area contributed by atoms with E-state index in [1.807, 2.05) is 0 Å². The quantitative estimate of drug-likeness (QED) is 0.771. The summed E-state index contributed by atoms with van der Waals surface area (Å²) in [6.07, 6.45) is 0. The fraction of sp³-hybridized carbons (Fsp3) is 0.294. The van der Waals surface area contributed by atoms with Crippen molar-refractivity contribution in [1.82, 2.24) is 15.2 Å². The lowest BCUT2D eigenvalue weighted by Crippen LogP contribution is -2.38. The van der Waals surface area contributed by atoms with Gasteiger partial charge in [0.1, 0.15) is 15.7 Å². The lowest BCUT2D eigenvalue weighted by atomic mass is 10.2. The number of ether oxygens (including phenoxy) is 1. The molecule has 1 aromatic heterocycles. The maximum absolute atomic E-state index is 13.0. The van der Waals surface area contributed by atoms with E-state index in [9.17, 15) is 18.8 Å². The number of nitrogens with zero attached hydrogens (tertiary/aromatic N) is 2. The van der Waals surface area contributed by atoms with Crippen molar-refractivity contribution in [3.8, 4) is 10.6 Å². The van der Waals surface area contributed by atoms with E-state index in [1.165, 1.54) is 17.0 Å². The number of likely N-dealkylation sites (N-methyl/N-ethyl adjacent to an activating group) is 1. The number of aryl methyl sites for hydroxylation is 1. The molecule has 0 saturated carbocycles. The number of carbonyl (C=O) groups is 3. The second kappa shape index (κ2) is 8.52. The van der Waals surface area contributed by atoms with Crippen LogP contribution in [0.15, 0.2) is 24.3 Å². The Morgan fingerprint density at radius 2 is 1.88 bits per heavy atom. The van der Waals surface area contributed by atoms with Crippen molar-refractivity contribution in [1.29, 1.82) is 0 Å². The zero-order valence-corrected chi connectivity index (χ0v) is 15.4. The van der Waals surface area contributed by atoms with E-state index in [4.69, 9.17) is 4.74 Å². The molecule has 2 aromatic rings. The number of nitrogens with one attached hydrogen (secondary N) is 1. The fourth-order valence-electron chi connectivity index (χ4n) is 1.88. The highest BCUT2D eigenvalue weighted by Gasteiger charge is 2.19. The van der Waals surface area contributed by atoms with E-state index in [0.717, 1.165) is 11.3 Å². The van der Waals surface area contributed by atoms with Crippen molar-refractivity contribution in [3.05, 3.63) is 40.7 Å². The van der Waals surface area contributed by atoms with Gasteiger partial charge in [0.25, 0.3) is 5.91 Å². The third kappa shape index (κ3) is 5.09. The zero-order valence-electron chi connectivity index (χ0n) is 14.5. The molecule has 1 heterocycles. The standard InChI is InChI=1S/C17H18FN3O4S/c1-10-15(26-16(20-10)11-4-6-12(18)7-5-11)17(24)25-9-13(22)19-8-14(23)21(2)3/h4-7H,8-9H2,1-3H3,(H,19,22). The van der Waals surface area contributed by atoms with Crippen molar-refractivity contribution in [2.24, 2.45) is 0 Å². The topological polar surface area (TPSA) is 88.6 Å². The summed E-state index contributed by atoms with van der Waals surface area (Å²) >= 11 is 1.10. The summed E-state index contributed by atoms with van der Waals surface area (Å²) in [4.78, 5) is 41.1. The molecule has 1 aromatic carbocycles. The molecular weight excluding hydrogens is 361 g/mol. The Labute approximate surface area is 153 Å². The van der Waals surface area contributed by atoms with Gasteiger partial charge in [-0.3, -0.25) is 9.59 Å². The van der Waals surface area contributed by atoms with Crippen LogP contribution in [0.4, 0.5) is 4.39 Å². The minimum absolute atomic E-state index is 0.169. The summed E-state index contributed by atoms with van der Waals surface area (Å²) in [5.74, 6) is -1.88. The largest absolute Gasteiger partial charge is 0.451 e. The van der Waals surface area contributed by atoms with Gasteiger partial charge in [0.05, 0.1) is 12.2 Å².